The molecule has 1 aliphatic rings. The predicted molar refractivity (Wildman–Crippen MR) is 94.5 cm³/mol. The van der Waals surface area contributed by atoms with E-state index in [4.69, 9.17) is 4.52 Å². The lowest BCUT2D eigenvalue weighted by atomic mass is 9.98. The number of fused-ring (bicyclic) bond motifs is 1. The molecule has 1 N–H and O–H groups in total. The standard InChI is InChI=1S/C19H21N5O2/c1-12(2)9-13-10-16(23-26-13)19(25)24-8-6-14-17(22-11-21-14)18(24)15-5-3-4-7-20-15/h3-5,7,10-12,18H,6,8-9H2,1-2H3,(H,21,22)/t18-/m1/s1. The summed E-state index contributed by atoms with van der Waals surface area (Å²) in [5.74, 6) is 1.01. The van der Waals surface area contributed by atoms with E-state index in [1.54, 1.807) is 23.5 Å². The molecule has 1 atom stereocenters. The van der Waals surface area contributed by atoms with E-state index in [1.807, 2.05) is 18.2 Å². The van der Waals surface area contributed by atoms with Crippen molar-refractivity contribution in [2.75, 3.05) is 6.54 Å². The van der Waals surface area contributed by atoms with Crippen molar-refractivity contribution in [3.8, 4) is 0 Å². The second-order valence-electron chi connectivity index (χ2n) is 6.95. The minimum Gasteiger partial charge on any atom is -0.361 e. The Morgan fingerprint density at radius 1 is 1.38 bits per heavy atom. The SMILES string of the molecule is CC(C)Cc1cc(C(=O)N2CCc3[nH]cnc3[C@H]2c2ccccn2)no1. The molecule has 26 heavy (non-hydrogen) atoms. The molecule has 0 aromatic carbocycles. The Bertz CT molecular complexity index is 900. The number of carbonyl (C=O) groups is 1. The van der Waals surface area contributed by atoms with Crippen molar-refractivity contribution in [1.82, 2.24) is 25.0 Å². The summed E-state index contributed by atoms with van der Waals surface area (Å²) in [7, 11) is 0. The minimum atomic E-state index is -0.330. The van der Waals surface area contributed by atoms with Crippen LogP contribution in [0.25, 0.3) is 0 Å². The van der Waals surface area contributed by atoms with Crippen LogP contribution in [0.5, 0.6) is 0 Å². The van der Waals surface area contributed by atoms with Gasteiger partial charge in [0.1, 0.15) is 11.8 Å². The van der Waals surface area contributed by atoms with E-state index in [2.05, 4.69) is 34.0 Å². The normalized spacial score (nSPS) is 16.7. The second kappa shape index (κ2) is 6.74. The second-order valence-corrected chi connectivity index (χ2v) is 6.95. The number of nitrogens with one attached hydrogen (secondary N) is 1. The molecule has 134 valence electrons. The van der Waals surface area contributed by atoms with E-state index in [0.717, 1.165) is 35.7 Å². The lowest BCUT2D eigenvalue weighted by molar-refractivity contribution is 0.0676. The molecule has 0 bridgehead atoms. The summed E-state index contributed by atoms with van der Waals surface area (Å²) in [5.41, 5.74) is 3.01. The summed E-state index contributed by atoms with van der Waals surface area (Å²) in [4.78, 5) is 27.0. The Kier molecular flexibility index (Phi) is 4.28. The van der Waals surface area contributed by atoms with Crippen LogP contribution in [0.4, 0.5) is 0 Å². The smallest absolute Gasteiger partial charge is 0.276 e. The van der Waals surface area contributed by atoms with Crippen molar-refractivity contribution in [1.29, 1.82) is 0 Å². The number of hydrogen-bond donors (Lipinski definition) is 1. The van der Waals surface area contributed by atoms with Crippen molar-refractivity contribution in [3.63, 3.8) is 0 Å². The highest BCUT2D eigenvalue weighted by Gasteiger charge is 2.36. The molecule has 7 nitrogen and oxygen atoms in total. The molecule has 7 heteroatoms. The number of H-pyrrole nitrogens is 1. The first kappa shape index (κ1) is 16.5. The molecule has 0 fully saturated rings. The van der Waals surface area contributed by atoms with Gasteiger partial charge in [-0.3, -0.25) is 9.78 Å². The molecule has 0 saturated carbocycles. The number of hydrogen-bond acceptors (Lipinski definition) is 5. The molecule has 3 aromatic heterocycles. The van der Waals surface area contributed by atoms with Crippen LogP contribution < -0.4 is 0 Å². The maximum Gasteiger partial charge on any atom is 0.276 e. The number of carbonyl (C=O) groups excluding carboxylic acids is 1. The van der Waals surface area contributed by atoms with Gasteiger partial charge in [-0.05, 0) is 18.1 Å². The van der Waals surface area contributed by atoms with Crippen LogP contribution in [0.15, 0.2) is 41.3 Å². The summed E-state index contributed by atoms with van der Waals surface area (Å²) < 4.78 is 5.35. The molecule has 1 aliphatic heterocycles. The third kappa shape index (κ3) is 3.00. The Balaban J connectivity index is 1.68. The monoisotopic (exact) mass is 351 g/mol. The van der Waals surface area contributed by atoms with Gasteiger partial charge >= 0.3 is 0 Å². The van der Waals surface area contributed by atoms with Crippen LogP contribution in [0.1, 0.15) is 53.2 Å². The molecule has 4 rings (SSSR count). The molecule has 0 saturated heterocycles. The van der Waals surface area contributed by atoms with E-state index < -0.39 is 0 Å². The van der Waals surface area contributed by atoms with Gasteiger partial charge in [0.05, 0.1) is 17.7 Å². The first-order valence-electron chi connectivity index (χ1n) is 8.83. The molecule has 3 aromatic rings. The van der Waals surface area contributed by atoms with Gasteiger partial charge < -0.3 is 14.4 Å². The third-order valence-electron chi connectivity index (χ3n) is 4.54. The Hall–Kier alpha value is -2.96. The summed E-state index contributed by atoms with van der Waals surface area (Å²) in [6.07, 6.45) is 4.88. The van der Waals surface area contributed by atoms with E-state index in [1.165, 1.54) is 0 Å². The molecule has 0 radical (unpaired) electrons. The molecular formula is C19H21N5O2. The lowest BCUT2D eigenvalue weighted by Gasteiger charge is -2.34. The maximum absolute atomic E-state index is 13.2. The van der Waals surface area contributed by atoms with Crippen molar-refractivity contribution in [2.45, 2.75) is 32.7 Å². The molecule has 0 spiro atoms. The van der Waals surface area contributed by atoms with Crippen LogP contribution in [0, 0.1) is 5.92 Å². The number of amides is 1. The van der Waals surface area contributed by atoms with Crippen molar-refractivity contribution >= 4 is 5.91 Å². The third-order valence-corrected chi connectivity index (χ3v) is 4.54. The van der Waals surface area contributed by atoms with Gasteiger partial charge in [-0.15, -0.1) is 0 Å². The van der Waals surface area contributed by atoms with Gasteiger partial charge in [0, 0.05) is 37.3 Å². The highest BCUT2D eigenvalue weighted by atomic mass is 16.5. The van der Waals surface area contributed by atoms with Gasteiger partial charge in [0.25, 0.3) is 5.91 Å². The number of rotatable bonds is 4. The zero-order valence-electron chi connectivity index (χ0n) is 14.8. The van der Waals surface area contributed by atoms with Gasteiger partial charge in [-0.25, -0.2) is 4.98 Å². The zero-order valence-corrected chi connectivity index (χ0v) is 14.8. The fraction of sp³-hybridized carbons (Fsp3) is 0.368. The molecule has 4 heterocycles. The van der Waals surface area contributed by atoms with Crippen molar-refractivity contribution < 1.29 is 9.32 Å². The van der Waals surface area contributed by atoms with E-state index in [-0.39, 0.29) is 11.9 Å². The topological polar surface area (TPSA) is 87.9 Å². The Morgan fingerprint density at radius 2 is 2.27 bits per heavy atom. The number of aromatic nitrogens is 4. The van der Waals surface area contributed by atoms with Crippen molar-refractivity contribution in [2.24, 2.45) is 5.92 Å². The van der Waals surface area contributed by atoms with E-state index >= 15 is 0 Å². The predicted octanol–water partition coefficient (Wildman–Crippen LogP) is 2.78. The number of imidazole rings is 1. The highest BCUT2D eigenvalue weighted by molar-refractivity contribution is 5.93. The summed E-state index contributed by atoms with van der Waals surface area (Å²) in [5, 5.41) is 4.00. The maximum atomic E-state index is 13.2. The number of pyridine rings is 1. The highest BCUT2D eigenvalue weighted by Crippen LogP contribution is 2.33. The summed E-state index contributed by atoms with van der Waals surface area (Å²) in [6, 6.07) is 7.12. The van der Waals surface area contributed by atoms with Crippen LogP contribution in [0.3, 0.4) is 0 Å². The largest absolute Gasteiger partial charge is 0.361 e. The molecule has 0 unspecified atom stereocenters. The molecule has 1 amide bonds. The minimum absolute atomic E-state index is 0.159. The first-order chi connectivity index (χ1) is 12.6. The van der Waals surface area contributed by atoms with Crippen LogP contribution in [0.2, 0.25) is 0 Å². The van der Waals surface area contributed by atoms with Gasteiger partial charge in [0.2, 0.25) is 0 Å². The van der Waals surface area contributed by atoms with Gasteiger partial charge in [-0.1, -0.05) is 25.1 Å². The van der Waals surface area contributed by atoms with Crippen LogP contribution in [-0.4, -0.2) is 37.5 Å². The first-order valence-corrected chi connectivity index (χ1v) is 8.83. The van der Waals surface area contributed by atoms with Crippen molar-refractivity contribution in [3.05, 3.63) is 65.3 Å². The average molecular weight is 351 g/mol. The molecular weight excluding hydrogens is 330 g/mol. The fourth-order valence-corrected chi connectivity index (χ4v) is 3.39. The zero-order chi connectivity index (χ0) is 18.1. The number of aromatic amines is 1. The van der Waals surface area contributed by atoms with Crippen LogP contribution in [-0.2, 0) is 12.8 Å². The average Bonchev–Trinajstić information content (AvgIpc) is 3.29. The Labute approximate surface area is 151 Å². The Morgan fingerprint density at radius 3 is 3.04 bits per heavy atom. The van der Waals surface area contributed by atoms with E-state index in [0.29, 0.717) is 18.2 Å². The molecule has 0 aliphatic carbocycles. The quantitative estimate of drug-likeness (QED) is 0.781. The number of nitrogens with zero attached hydrogens (tertiary/aromatic N) is 4. The summed E-state index contributed by atoms with van der Waals surface area (Å²) in [6.45, 7) is 4.78. The van der Waals surface area contributed by atoms with Gasteiger partial charge in [0.15, 0.2) is 5.69 Å². The fourth-order valence-electron chi connectivity index (χ4n) is 3.39. The van der Waals surface area contributed by atoms with E-state index in [9.17, 15) is 4.79 Å². The lowest BCUT2D eigenvalue weighted by Crippen LogP contribution is -2.41. The van der Waals surface area contributed by atoms with Gasteiger partial charge in [-0.2, -0.15) is 0 Å². The summed E-state index contributed by atoms with van der Waals surface area (Å²) >= 11 is 0. The van der Waals surface area contributed by atoms with Crippen LogP contribution >= 0.6 is 0 Å².